The van der Waals surface area contributed by atoms with Crippen molar-refractivity contribution >= 4 is 23.3 Å². The van der Waals surface area contributed by atoms with Gasteiger partial charge in [-0.3, -0.25) is 9.59 Å². The smallest absolute Gasteiger partial charge is 0.258 e. The molecule has 1 fully saturated rings. The summed E-state index contributed by atoms with van der Waals surface area (Å²) in [6.07, 6.45) is 2.10. The van der Waals surface area contributed by atoms with E-state index in [1.807, 2.05) is 11.0 Å². The van der Waals surface area contributed by atoms with Crippen LogP contribution in [0.3, 0.4) is 0 Å². The fourth-order valence-electron chi connectivity index (χ4n) is 3.24. The van der Waals surface area contributed by atoms with Gasteiger partial charge >= 0.3 is 0 Å². The highest BCUT2D eigenvalue weighted by Crippen LogP contribution is 2.22. The number of nitrogens with one attached hydrogen (secondary N) is 1. The molecule has 0 aliphatic carbocycles. The zero-order valence-corrected chi connectivity index (χ0v) is 17.1. The number of carbonyl (C=O) groups is 2. The maximum atomic E-state index is 13.7. The van der Waals surface area contributed by atoms with Crippen molar-refractivity contribution in [3.63, 3.8) is 0 Å². The number of rotatable bonds is 4. The molecule has 7 heteroatoms. The summed E-state index contributed by atoms with van der Waals surface area (Å²) in [5.41, 5.74) is 0.479. The van der Waals surface area contributed by atoms with Gasteiger partial charge in [0, 0.05) is 32.6 Å². The molecule has 0 bridgehead atoms. The molecule has 3 rings (SSSR count). The summed E-state index contributed by atoms with van der Waals surface area (Å²) in [5.74, 6) is -0.0924. The van der Waals surface area contributed by atoms with Crippen LogP contribution in [-0.2, 0) is 4.79 Å². The van der Waals surface area contributed by atoms with Crippen LogP contribution in [0.2, 0.25) is 0 Å². The number of amides is 2. The zero-order chi connectivity index (χ0) is 21.0. The van der Waals surface area contributed by atoms with Gasteiger partial charge in [0.2, 0.25) is 5.91 Å². The number of benzene rings is 1. The topological polar surface area (TPSA) is 65.5 Å². The lowest BCUT2D eigenvalue weighted by atomic mass is 9.91. The average Bonchev–Trinajstić information content (AvgIpc) is 2.68. The Morgan fingerprint density at radius 3 is 2.34 bits per heavy atom. The lowest BCUT2D eigenvalue weighted by Crippen LogP contribution is -2.49. The van der Waals surface area contributed by atoms with Crippen LogP contribution in [0.5, 0.6) is 0 Å². The van der Waals surface area contributed by atoms with Crippen molar-refractivity contribution in [3.05, 3.63) is 54.0 Å². The van der Waals surface area contributed by atoms with Gasteiger partial charge in [-0.25, -0.2) is 9.37 Å². The second-order valence-electron chi connectivity index (χ2n) is 8.44. The summed E-state index contributed by atoms with van der Waals surface area (Å²) in [5, 5.41) is 2.66. The molecule has 2 heterocycles. The fraction of sp³-hybridized carbons (Fsp3) is 0.409. The highest BCUT2D eigenvalue weighted by molar-refractivity contribution is 6.04. The Kier molecular flexibility index (Phi) is 6.15. The summed E-state index contributed by atoms with van der Waals surface area (Å²) in [6.45, 7) is 8.96. The molecule has 1 aromatic carbocycles. The van der Waals surface area contributed by atoms with Crippen LogP contribution in [0.25, 0.3) is 0 Å². The van der Waals surface area contributed by atoms with Crippen LogP contribution in [0.1, 0.15) is 37.6 Å². The first-order valence-electron chi connectivity index (χ1n) is 9.77. The van der Waals surface area contributed by atoms with Crippen molar-refractivity contribution < 1.29 is 14.0 Å². The van der Waals surface area contributed by atoms with E-state index in [0.717, 1.165) is 5.82 Å². The van der Waals surface area contributed by atoms with E-state index in [-0.39, 0.29) is 16.9 Å². The van der Waals surface area contributed by atoms with Crippen LogP contribution in [-0.4, -0.2) is 47.9 Å². The number of carbonyl (C=O) groups excluding carboxylic acids is 2. The zero-order valence-electron chi connectivity index (χ0n) is 17.1. The largest absolute Gasteiger partial charge is 0.353 e. The Balaban J connectivity index is 1.55. The van der Waals surface area contributed by atoms with Gasteiger partial charge in [-0.15, -0.1) is 0 Å². The number of halogens is 1. The number of nitrogens with zero attached hydrogens (tertiary/aromatic N) is 3. The molecular formula is C22H27FN4O2. The Morgan fingerprint density at radius 2 is 1.76 bits per heavy atom. The summed E-state index contributed by atoms with van der Waals surface area (Å²) in [6, 6.07) is 9.42. The molecule has 1 saturated heterocycles. The third kappa shape index (κ3) is 5.53. The van der Waals surface area contributed by atoms with Crippen molar-refractivity contribution in [3.8, 4) is 0 Å². The van der Waals surface area contributed by atoms with Crippen molar-refractivity contribution in [2.24, 2.45) is 5.41 Å². The summed E-state index contributed by atoms with van der Waals surface area (Å²) >= 11 is 0. The molecule has 0 saturated carbocycles. The van der Waals surface area contributed by atoms with Gasteiger partial charge in [-0.1, -0.05) is 32.9 Å². The molecule has 0 unspecified atom stereocenters. The summed E-state index contributed by atoms with van der Waals surface area (Å²) in [7, 11) is 0. The summed E-state index contributed by atoms with van der Waals surface area (Å²) < 4.78 is 13.7. The van der Waals surface area contributed by atoms with Gasteiger partial charge < -0.3 is 15.1 Å². The first-order valence-corrected chi connectivity index (χ1v) is 9.77. The Labute approximate surface area is 170 Å². The lowest BCUT2D eigenvalue weighted by Gasteiger charge is -2.36. The molecule has 1 N–H and O–H groups in total. The van der Waals surface area contributed by atoms with Crippen LogP contribution in [0, 0.1) is 11.2 Å². The van der Waals surface area contributed by atoms with E-state index in [1.165, 1.54) is 12.1 Å². The first-order chi connectivity index (χ1) is 13.7. The summed E-state index contributed by atoms with van der Waals surface area (Å²) in [4.78, 5) is 33.0. The number of piperazine rings is 1. The van der Waals surface area contributed by atoms with Crippen LogP contribution in [0.4, 0.5) is 15.9 Å². The predicted octanol–water partition coefficient (Wildman–Crippen LogP) is 3.56. The molecule has 0 spiro atoms. The van der Waals surface area contributed by atoms with Crippen molar-refractivity contribution in [2.75, 3.05) is 36.4 Å². The molecule has 1 aliphatic heterocycles. The minimum Gasteiger partial charge on any atom is -0.353 e. The Hall–Kier alpha value is -2.96. The third-order valence-electron chi connectivity index (χ3n) is 4.76. The number of hydrogen-bond acceptors (Lipinski definition) is 4. The average molecular weight is 398 g/mol. The van der Waals surface area contributed by atoms with Gasteiger partial charge in [0.15, 0.2) is 0 Å². The monoisotopic (exact) mass is 398 g/mol. The van der Waals surface area contributed by atoms with E-state index in [4.69, 9.17) is 0 Å². The SMILES string of the molecule is CC(C)(C)CC(=O)N1CCN(c2ccc(NC(=O)c3ccccc3F)cn2)CC1. The lowest BCUT2D eigenvalue weighted by molar-refractivity contribution is -0.133. The van der Waals surface area contributed by atoms with E-state index in [2.05, 4.69) is 36.0 Å². The number of aromatic nitrogens is 1. The van der Waals surface area contributed by atoms with Gasteiger partial charge in [0.05, 0.1) is 17.4 Å². The van der Waals surface area contributed by atoms with Crippen molar-refractivity contribution in [1.29, 1.82) is 0 Å². The van der Waals surface area contributed by atoms with Gasteiger partial charge in [0.25, 0.3) is 5.91 Å². The number of pyridine rings is 1. The maximum Gasteiger partial charge on any atom is 0.258 e. The molecule has 2 aromatic rings. The standard InChI is InChI=1S/C22H27FN4O2/c1-22(2,3)14-20(28)27-12-10-26(11-13-27)19-9-8-16(15-24-19)25-21(29)17-6-4-5-7-18(17)23/h4-9,15H,10-14H2,1-3H3,(H,25,29). The predicted molar refractivity (Wildman–Crippen MR) is 111 cm³/mol. The molecule has 1 aromatic heterocycles. The highest BCUT2D eigenvalue weighted by atomic mass is 19.1. The van der Waals surface area contributed by atoms with Gasteiger partial charge in [-0.2, -0.15) is 0 Å². The minimum absolute atomic E-state index is 0.00683. The van der Waals surface area contributed by atoms with Crippen LogP contribution in [0.15, 0.2) is 42.6 Å². The quantitative estimate of drug-likeness (QED) is 0.855. The third-order valence-corrected chi connectivity index (χ3v) is 4.76. The fourth-order valence-corrected chi connectivity index (χ4v) is 3.24. The first kappa shape index (κ1) is 20.8. The minimum atomic E-state index is -0.562. The van der Waals surface area contributed by atoms with Crippen LogP contribution < -0.4 is 10.2 Å². The molecule has 0 radical (unpaired) electrons. The molecule has 154 valence electrons. The van der Waals surface area contributed by atoms with Crippen molar-refractivity contribution in [2.45, 2.75) is 27.2 Å². The van der Waals surface area contributed by atoms with E-state index >= 15 is 0 Å². The normalized spacial score (nSPS) is 14.6. The Bertz CT molecular complexity index is 869. The van der Waals surface area contributed by atoms with E-state index in [9.17, 15) is 14.0 Å². The van der Waals surface area contributed by atoms with Gasteiger partial charge in [0.1, 0.15) is 11.6 Å². The molecule has 6 nitrogen and oxygen atoms in total. The molecule has 0 atom stereocenters. The van der Waals surface area contributed by atoms with Crippen LogP contribution >= 0.6 is 0 Å². The van der Waals surface area contributed by atoms with E-state index in [0.29, 0.717) is 38.3 Å². The van der Waals surface area contributed by atoms with Crippen molar-refractivity contribution in [1.82, 2.24) is 9.88 Å². The number of anilines is 2. The number of hydrogen-bond donors (Lipinski definition) is 1. The van der Waals surface area contributed by atoms with Gasteiger partial charge in [-0.05, 0) is 29.7 Å². The highest BCUT2D eigenvalue weighted by Gasteiger charge is 2.25. The maximum absolute atomic E-state index is 13.7. The van der Waals surface area contributed by atoms with E-state index < -0.39 is 11.7 Å². The molecule has 29 heavy (non-hydrogen) atoms. The van der Waals surface area contributed by atoms with E-state index in [1.54, 1.807) is 24.4 Å². The molecule has 1 aliphatic rings. The molecular weight excluding hydrogens is 371 g/mol. The second-order valence-corrected chi connectivity index (χ2v) is 8.44. The Morgan fingerprint density at radius 1 is 1.07 bits per heavy atom. The second kappa shape index (κ2) is 8.59. The molecule has 2 amide bonds.